The van der Waals surface area contributed by atoms with Gasteiger partial charge in [-0.2, -0.15) is 0 Å². The number of methoxy groups -OCH3 is 1. The van der Waals surface area contributed by atoms with Crippen molar-refractivity contribution in [3.8, 4) is 5.75 Å². The Labute approximate surface area is 190 Å². The molecule has 1 atom stereocenters. The van der Waals surface area contributed by atoms with Gasteiger partial charge in [-0.3, -0.25) is 19.5 Å². The van der Waals surface area contributed by atoms with Crippen LogP contribution in [0.1, 0.15) is 27.9 Å². The molecule has 0 spiro atoms. The molecular weight excluding hydrogens is 420 g/mol. The smallest absolute Gasteiger partial charge is 0.279 e. The Morgan fingerprint density at radius 3 is 2.61 bits per heavy atom. The third-order valence-corrected chi connectivity index (χ3v) is 4.96. The molecule has 0 saturated carbocycles. The average Bonchev–Trinajstić information content (AvgIpc) is 3.41. The first-order valence-corrected chi connectivity index (χ1v) is 10.3. The van der Waals surface area contributed by atoms with E-state index in [1.807, 2.05) is 30.3 Å². The van der Waals surface area contributed by atoms with Crippen molar-refractivity contribution in [2.45, 2.75) is 12.6 Å². The summed E-state index contributed by atoms with van der Waals surface area (Å²) >= 11 is 0. The highest BCUT2D eigenvalue weighted by Crippen LogP contribution is 2.32. The largest absolute Gasteiger partial charge is 0.497 e. The van der Waals surface area contributed by atoms with Crippen LogP contribution in [0.15, 0.2) is 96.0 Å². The zero-order chi connectivity index (χ0) is 23.0. The van der Waals surface area contributed by atoms with Crippen LogP contribution in [0.25, 0.3) is 0 Å². The summed E-state index contributed by atoms with van der Waals surface area (Å²) < 4.78 is 10.9. The number of benzene rings is 2. The van der Waals surface area contributed by atoms with Crippen molar-refractivity contribution in [3.05, 3.63) is 109 Å². The fourth-order valence-corrected chi connectivity index (χ4v) is 3.38. The predicted molar refractivity (Wildman–Crippen MR) is 122 cm³/mol. The third kappa shape index (κ3) is 5.07. The Bertz CT molecular complexity index is 1200. The minimum absolute atomic E-state index is 0.0905. The fraction of sp³-hybridized carbons (Fsp3) is 0.120. The Morgan fingerprint density at radius 1 is 1.06 bits per heavy atom. The average molecular weight is 442 g/mol. The molecular formula is C25H22N4O4. The molecule has 0 bridgehead atoms. The highest BCUT2D eigenvalue weighted by molar-refractivity contribution is 6.08. The summed E-state index contributed by atoms with van der Waals surface area (Å²) in [6.07, 6.45) is 5.72. The summed E-state index contributed by atoms with van der Waals surface area (Å²) in [4.78, 5) is 36.6. The molecule has 1 unspecified atom stereocenters. The van der Waals surface area contributed by atoms with Gasteiger partial charge in [0, 0.05) is 30.7 Å². The second-order valence-corrected chi connectivity index (χ2v) is 7.09. The van der Waals surface area contributed by atoms with Crippen LogP contribution in [-0.4, -0.2) is 28.9 Å². The second-order valence-electron chi connectivity index (χ2n) is 7.09. The van der Waals surface area contributed by atoms with Crippen LogP contribution in [0.5, 0.6) is 5.75 Å². The van der Waals surface area contributed by atoms with Crippen LogP contribution in [0.3, 0.4) is 0 Å². The van der Waals surface area contributed by atoms with Gasteiger partial charge in [0.1, 0.15) is 17.2 Å². The van der Waals surface area contributed by atoms with Gasteiger partial charge in [0.15, 0.2) is 6.04 Å². The SMILES string of the molecule is COc1cccc(N(C(=O)c2cnccn2)C(C(=O)NCc2ccccc2)c2ccco2)c1. The Hall–Kier alpha value is -4.46. The molecule has 166 valence electrons. The van der Waals surface area contributed by atoms with Crippen molar-refractivity contribution in [1.82, 2.24) is 15.3 Å². The van der Waals surface area contributed by atoms with Crippen molar-refractivity contribution in [2.75, 3.05) is 12.0 Å². The number of amides is 2. The van der Waals surface area contributed by atoms with E-state index in [9.17, 15) is 9.59 Å². The lowest BCUT2D eigenvalue weighted by Crippen LogP contribution is -2.44. The Kier molecular flexibility index (Phi) is 6.75. The number of nitrogens with one attached hydrogen (secondary N) is 1. The van der Waals surface area contributed by atoms with Gasteiger partial charge in [-0.1, -0.05) is 36.4 Å². The maximum Gasteiger partial charge on any atom is 0.279 e. The molecule has 4 aromatic rings. The number of carbonyl (C=O) groups is 2. The van der Waals surface area contributed by atoms with Crippen molar-refractivity contribution >= 4 is 17.5 Å². The van der Waals surface area contributed by atoms with Gasteiger partial charge in [-0.25, -0.2) is 4.98 Å². The maximum absolute atomic E-state index is 13.6. The monoisotopic (exact) mass is 442 g/mol. The van der Waals surface area contributed by atoms with Crippen LogP contribution in [0.4, 0.5) is 5.69 Å². The van der Waals surface area contributed by atoms with Crippen LogP contribution in [-0.2, 0) is 11.3 Å². The zero-order valence-corrected chi connectivity index (χ0v) is 17.9. The summed E-state index contributed by atoms with van der Waals surface area (Å²) in [7, 11) is 1.53. The van der Waals surface area contributed by atoms with E-state index in [0.717, 1.165) is 5.56 Å². The summed E-state index contributed by atoms with van der Waals surface area (Å²) in [5.41, 5.74) is 1.46. The maximum atomic E-state index is 13.6. The van der Waals surface area contributed by atoms with E-state index >= 15 is 0 Å². The molecule has 4 rings (SSSR count). The van der Waals surface area contributed by atoms with Gasteiger partial charge in [0.05, 0.1) is 19.6 Å². The lowest BCUT2D eigenvalue weighted by Gasteiger charge is -2.29. The van der Waals surface area contributed by atoms with E-state index < -0.39 is 17.9 Å². The van der Waals surface area contributed by atoms with Gasteiger partial charge >= 0.3 is 0 Å². The number of anilines is 1. The molecule has 1 N–H and O–H groups in total. The molecule has 0 fully saturated rings. The first-order valence-electron chi connectivity index (χ1n) is 10.3. The van der Waals surface area contributed by atoms with Crippen LogP contribution >= 0.6 is 0 Å². The number of aromatic nitrogens is 2. The molecule has 2 heterocycles. The molecule has 0 aliphatic heterocycles. The van der Waals surface area contributed by atoms with E-state index in [1.54, 1.807) is 36.4 Å². The minimum atomic E-state index is -1.09. The number of hydrogen-bond acceptors (Lipinski definition) is 6. The van der Waals surface area contributed by atoms with E-state index in [2.05, 4.69) is 15.3 Å². The molecule has 2 aromatic carbocycles. The quantitative estimate of drug-likeness (QED) is 0.446. The van der Waals surface area contributed by atoms with Crippen LogP contribution < -0.4 is 15.0 Å². The third-order valence-electron chi connectivity index (χ3n) is 4.96. The molecule has 0 aliphatic rings. The van der Waals surface area contributed by atoms with Gasteiger partial charge in [-0.05, 0) is 29.8 Å². The van der Waals surface area contributed by atoms with Gasteiger partial charge in [-0.15, -0.1) is 0 Å². The number of carbonyl (C=O) groups excluding carboxylic acids is 2. The van der Waals surface area contributed by atoms with Crippen molar-refractivity contribution in [2.24, 2.45) is 0 Å². The van der Waals surface area contributed by atoms with Gasteiger partial charge in [0.25, 0.3) is 11.8 Å². The molecule has 33 heavy (non-hydrogen) atoms. The minimum Gasteiger partial charge on any atom is -0.497 e. The van der Waals surface area contributed by atoms with Crippen molar-refractivity contribution < 1.29 is 18.7 Å². The molecule has 8 heteroatoms. The first-order chi connectivity index (χ1) is 16.2. The Morgan fingerprint density at radius 2 is 1.91 bits per heavy atom. The van der Waals surface area contributed by atoms with Crippen molar-refractivity contribution in [3.63, 3.8) is 0 Å². The lowest BCUT2D eigenvalue weighted by molar-refractivity contribution is -0.123. The first kappa shape index (κ1) is 21.8. The standard InChI is InChI=1S/C25H22N4O4/c1-32-20-10-5-9-19(15-20)29(25(31)21-17-26-12-13-27-21)23(22-11-6-14-33-22)24(30)28-16-18-7-3-2-4-8-18/h2-15,17,23H,16H2,1H3,(H,28,30). The number of hydrogen-bond donors (Lipinski definition) is 1. The Balaban J connectivity index is 1.75. The summed E-state index contributed by atoms with van der Waals surface area (Å²) in [6.45, 7) is 0.294. The van der Waals surface area contributed by atoms with Crippen LogP contribution in [0, 0.1) is 0 Å². The lowest BCUT2D eigenvalue weighted by atomic mass is 10.1. The highest BCUT2D eigenvalue weighted by Gasteiger charge is 2.36. The summed E-state index contributed by atoms with van der Waals surface area (Å²) in [5, 5.41) is 2.91. The van der Waals surface area contributed by atoms with E-state index in [-0.39, 0.29) is 5.69 Å². The van der Waals surface area contributed by atoms with E-state index in [1.165, 1.54) is 36.9 Å². The normalized spacial score (nSPS) is 11.4. The molecule has 2 amide bonds. The van der Waals surface area contributed by atoms with Crippen molar-refractivity contribution in [1.29, 1.82) is 0 Å². The number of furan rings is 1. The van der Waals surface area contributed by atoms with E-state index in [4.69, 9.17) is 9.15 Å². The number of ether oxygens (including phenoxy) is 1. The molecule has 2 aromatic heterocycles. The zero-order valence-electron chi connectivity index (χ0n) is 17.9. The van der Waals surface area contributed by atoms with Crippen LogP contribution in [0.2, 0.25) is 0 Å². The number of nitrogens with zero attached hydrogens (tertiary/aromatic N) is 3. The highest BCUT2D eigenvalue weighted by atomic mass is 16.5. The molecule has 0 aliphatic carbocycles. The molecule has 0 radical (unpaired) electrons. The van der Waals surface area contributed by atoms with Gasteiger partial charge in [0.2, 0.25) is 0 Å². The fourth-order valence-electron chi connectivity index (χ4n) is 3.38. The number of rotatable bonds is 8. The second kappa shape index (κ2) is 10.2. The van der Waals surface area contributed by atoms with Gasteiger partial charge < -0.3 is 14.5 Å². The molecule has 8 nitrogen and oxygen atoms in total. The predicted octanol–water partition coefficient (Wildman–Crippen LogP) is 3.78. The topological polar surface area (TPSA) is 97.6 Å². The van der Waals surface area contributed by atoms with E-state index in [0.29, 0.717) is 23.7 Å². The summed E-state index contributed by atoms with van der Waals surface area (Å²) in [6, 6.07) is 18.6. The summed E-state index contributed by atoms with van der Waals surface area (Å²) in [5.74, 6) is -0.0746. The molecule has 0 saturated heterocycles.